The summed E-state index contributed by atoms with van der Waals surface area (Å²) < 4.78 is 1.81. The smallest absolute Gasteiger partial charge is 0.357 e. The van der Waals surface area contributed by atoms with Gasteiger partial charge >= 0.3 is 33.6 Å². The maximum atomic E-state index is 3.74. The molecule has 1 rings (SSSR count). The van der Waals surface area contributed by atoms with Gasteiger partial charge in [-0.1, -0.05) is 0 Å². The number of rotatable bonds is 1. The van der Waals surface area contributed by atoms with Crippen LogP contribution in [-0.4, -0.2) is 21.8 Å². The van der Waals surface area contributed by atoms with Gasteiger partial charge in [-0.25, -0.2) is 0 Å². The Morgan fingerprint density at radius 1 is 1.60 bits per heavy atom. The van der Waals surface area contributed by atoms with Crippen molar-refractivity contribution in [3.05, 3.63) is 6.33 Å². The maximum absolute atomic E-state index is 3.74. The van der Waals surface area contributed by atoms with Crippen molar-refractivity contribution in [3.63, 3.8) is 0 Å². The van der Waals surface area contributed by atoms with Gasteiger partial charge in [0.2, 0.25) is 5.95 Å². The molecule has 0 aliphatic heterocycles. The van der Waals surface area contributed by atoms with Crippen molar-refractivity contribution in [1.29, 1.82) is 0 Å². The molecular weight excluding hydrogens is 226 g/mol. The van der Waals surface area contributed by atoms with Gasteiger partial charge in [0.05, 0.1) is 0 Å². The summed E-state index contributed by atoms with van der Waals surface area (Å²) in [5, 5.41) is 10.2. The van der Waals surface area contributed by atoms with Crippen molar-refractivity contribution in [2.75, 3.05) is 12.4 Å². The van der Waals surface area contributed by atoms with Crippen LogP contribution >= 0.6 is 0 Å². The molecule has 0 fully saturated rings. The van der Waals surface area contributed by atoms with Crippen molar-refractivity contribution in [3.8, 4) is 0 Å². The Hall–Kier alpha value is -0.0470. The Morgan fingerprint density at radius 2 is 2.20 bits per heavy atom. The topological polar surface area (TPSA) is 42.7 Å². The van der Waals surface area contributed by atoms with Gasteiger partial charge in [-0.2, -0.15) is 0 Å². The molecule has 0 atom stereocenters. The third-order valence-corrected chi connectivity index (χ3v) is 0.935. The summed E-state index contributed by atoms with van der Waals surface area (Å²) in [4.78, 5) is 0. The van der Waals surface area contributed by atoms with Crippen molar-refractivity contribution in [2.45, 2.75) is 0 Å². The molecule has 10 heavy (non-hydrogen) atoms. The van der Waals surface area contributed by atoms with Crippen LogP contribution < -0.4 is 5.32 Å². The Bertz CT molecular complexity index is 178. The molecule has 1 radical (unpaired) electrons. The van der Waals surface area contributed by atoms with Gasteiger partial charge in [-0.15, -0.1) is 10.2 Å². The molecule has 1 aromatic rings. The summed E-state index contributed by atoms with van der Waals surface area (Å²) in [6, 6.07) is 0. The molecule has 0 aliphatic carbocycles. The van der Waals surface area contributed by atoms with Gasteiger partial charge in [0.25, 0.3) is 0 Å². The fourth-order valence-corrected chi connectivity index (χ4v) is 0.510. The molecule has 61 valence electrons. The number of aryl methyl sites for hydroxylation is 1. The van der Waals surface area contributed by atoms with E-state index in [1.165, 1.54) is 0 Å². The van der Waals surface area contributed by atoms with Gasteiger partial charge < -0.3 is 9.88 Å². The van der Waals surface area contributed by atoms with E-state index in [1.54, 1.807) is 10.9 Å². The third-order valence-electron chi connectivity index (χ3n) is 0.935. The molecule has 0 bridgehead atoms. The molecule has 1 N–H and O–H groups in total. The van der Waals surface area contributed by atoms with E-state index in [4.69, 9.17) is 0 Å². The Morgan fingerprint density at radius 3 is 2.40 bits per heavy atom. The summed E-state index contributed by atoms with van der Waals surface area (Å²) in [6.07, 6.45) is 1.64. The second kappa shape index (κ2) is 5.72. The zero-order valence-electron chi connectivity index (χ0n) is 5.54. The van der Waals surface area contributed by atoms with Gasteiger partial charge in [-0.3, -0.25) is 0 Å². The quantitative estimate of drug-likeness (QED) is 0.687. The number of aromatic nitrogens is 3. The number of nitrogens with zero attached hydrogens (tertiary/aromatic N) is 3. The number of anilines is 1. The first-order valence-electron chi connectivity index (χ1n) is 2.36. The second-order valence-electron chi connectivity index (χ2n) is 1.52. The minimum absolute atomic E-state index is 0. The summed E-state index contributed by atoms with van der Waals surface area (Å²) in [5.74, 6) is 0.782. The van der Waals surface area contributed by atoms with E-state index in [2.05, 4.69) is 15.5 Å². The predicted molar refractivity (Wildman–Crippen MR) is 30.5 cm³/mol. The molecule has 0 aromatic carbocycles. The monoisotopic (exact) mass is 233 g/mol. The molecule has 0 saturated heterocycles. The largest absolute Gasteiger partial charge is 2.00 e. The van der Waals surface area contributed by atoms with Crippen LogP contribution in [0.2, 0.25) is 0 Å². The van der Waals surface area contributed by atoms with Crippen LogP contribution in [0.4, 0.5) is 5.95 Å². The van der Waals surface area contributed by atoms with Gasteiger partial charge in [0, 0.05) is 14.1 Å². The van der Waals surface area contributed by atoms with Gasteiger partial charge in [0.1, 0.15) is 6.33 Å². The van der Waals surface area contributed by atoms with E-state index in [1.807, 2.05) is 14.1 Å². The molecule has 6 heteroatoms. The first-order valence-corrected chi connectivity index (χ1v) is 2.36. The van der Waals surface area contributed by atoms with E-state index in [9.17, 15) is 0 Å². The SMILES string of the molecule is CNc1nncn1C.[Cu+2].[Ni+2]. The minimum Gasteiger partial charge on any atom is -0.357 e. The van der Waals surface area contributed by atoms with Crippen LogP contribution in [0.25, 0.3) is 0 Å². The summed E-state index contributed by atoms with van der Waals surface area (Å²) in [5.41, 5.74) is 0. The van der Waals surface area contributed by atoms with Crippen LogP contribution in [0.15, 0.2) is 6.33 Å². The Kier molecular flexibility index (Phi) is 7.21. The molecule has 0 unspecified atom stereocenters. The van der Waals surface area contributed by atoms with E-state index in [0.717, 1.165) is 5.95 Å². The van der Waals surface area contributed by atoms with E-state index >= 15 is 0 Å². The van der Waals surface area contributed by atoms with Gasteiger partial charge in [0.15, 0.2) is 0 Å². The Labute approximate surface area is 80.2 Å². The molecule has 1 heterocycles. The molecule has 0 saturated carbocycles. The van der Waals surface area contributed by atoms with Crippen LogP contribution in [0.5, 0.6) is 0 Å². The average Bonchev–Trinajstić information content (AvgIpc) is 2.14. The van der Waals surface area contributed by atoms with Crippen LogP contribution in [-0.2, 0) is 40.6 Å². The molecule has 1 aromatic heterocycles. The molecule has 4 nitrogen and oxygen atoms in total. The average molecular weight is 234 g/mol. The summed E-state index contributed by atoms with van der Waals surface area (Å²) in [7, 11) is 3.69. The van der Waals surface area contributed by atoms with E-state index in [-0.39, 0.29) is 33.6 Å². The van der Waals surface area contributed by atoms with Crippen molar-refractivity contribution in [1.82, 2.24) is 14.8 Å². The standard InChI is InChI=1S/C4H8N4.Cu.Ni/c1-5-4-7-6-3-8(4)2;;/h3H,1-2H3,(H,5,7);;/q;2*+2. The number of nitrogens with one attached hydrogen (secondary N) is 1. The van der Waals surface area contributed by atoms with Crippen LogP contribution in [0.1, 0.15) is 0 Å². The molecule has 0 spiro atoms. The Balaban J connectivity index is 0. The summed E-state index contributed by atoms with van der Waals surface area (Å²) >= 11 is 0. The summed E-state index contributed by atoms with van der Waals surface area (Å²) in [6.45, 7) is 0. The normalized spacial score (nSPS) is 7.40. The maximum Gasteiger partial charge on any atom is 2.00 e. The van der Waals surface area contributed by atoms with Crippen LogP contribution in [0.3, 0.4) is 0 Å². The number of hydrogen-bond donors (Lipinski definition) is 1. The zero-order valence-corrected chi connectivity index (χ0v) is 7.47. The second-order valence-corrected chi connectivity index (χ2v) is 1.52. The van der Waals surface area contributed by atoms with Crippen molar-refractivity contribution < 1.29 is 33.6 Å². The van der Waals surface area contributed by atoms with Crippen molar-refractivity contribution >= 4 is 5.95 Å². The first-order chi connectivity index (χ1) is 3.84. The number of hydrogen-bond acceptors (Lipinski definition) is 3. The zero-order chi connectivity index (χ0) is 5.98. The molecule has 0 aliphatic rings. The first kappa shape index (κ1) is 12.6. The van der Waals surface area contributed by atoms with E-state index < -0.39 is 0 Å². The van der Waals surface area contributed by atoms with Crippen LogP contribution in [0, 0.1) is 0 Å². The fourth-order valence-electron chi connectivity index (χ4n) is 0.510. The molecule has 0 amide bonds. The van der Waals surface area contributed by atoms with Gasteiger partial charge in [-0.05, 0) is 0 Å². The molecular formula is C4H8CuN4Ni+4. The predicted octanol–water partition coefficient (Wildman–Crippen LogP) is -0.148. The third kappa shape index (κ3) is 2.69. The minimum atomic E-state index is 0. The fraction of sp³-hybridized carbons (Fsp3) is 0.500. The van der Waals surface area contributed by atoms with Crippen molar-refractivity contribution in [2.24, 2.45) is 7.05 Å². The van der Waals surface area contributed by atoms with E-state index in [0.29, 0.717) is 0 Å².